The van der Waals surface area contributed by atoms with E-state index in [-0.39, 0.29) is 5.60 Å². The van der Waals surface area contributed by atoms with E-state index in [1.54, 1.807) is 11.3 Å². The van der Waals surface area contributed by atoms with E-state index in [0.29, 0.717) is 6.42 Å². The molecule has 2 heterocycles. The molecule has 1 aromatic rings. The van der Waals surface area contributed by atoms with E-state index >= 15 is 0 Å². The summed E-state index contributed by atoms with van der Waals surface area (Å²) in [6, 6.07) is 0. The van der Waals surface area contributed by atoms with Crippen LogP contribution in [0.4, 0.5) is 0 Å². The third-order valence-electron chi connectivity index (χ3n) is 2.99. The molecule has 0 bridgehead atoms. The number of aliphatic hydroxyl groups excluding tert-OH is 1. The molecule has 3 nitrogen and oxygen atoms in total. The molecule has 0 spiro atoms. The van der Waals surface area contributed by atoms with Crippen LogP contribution in [0.3, 0.4) is 0 Å². The van der Waals surface area contributed by atoms with E-state index in [1.165, 1.54) is 0 Å². The number of nitrogens with zero attached hydrogens (tertiary/aromatic N) is 1. The summed E-state index contributed by atoms with van der Waals surface area (Å²) in [5.74, 6) is 0. The normalized spacial score (nSPS) is 28.2. The molecule has 0 aliphatic carbocycles. The van der Waals surface area contributed by atoms with Crippen molar-refractivity contribution in [2.24, 2.45) is 0 Å². The van der Waals surface area contributed by atoms with Gasteiger partial charge in [0, 0.05) is 24.1 Å². The predicted molar refractivity (Wildman–Crippen MR) is 60.2 cm³/mol. The Morgan fingerprint density at radius 1 is 1.73 bits per heavy atom. The van der Waals surface area contributed by atoms with Gasteiger partial charge in [-0.1, -0.05) is 0 Å². The van der Waals surface area contributed by atoms with Crippen molar-refractivity contribution in [1.82, 2.24) is 4.98 Å². The highest BCUT2D eigenvalue weighted by Crippen LogP contribution is 2.30. The van der Waals surface area contributed by atoms with Crippen molar-refractivity contribution >= 4 is 11.3 Å². The predicted octanol–water partition coefficient (Wildman–Crippen LogP) is 1.92. The summed E-state index contributed by atoms with van der Waals surface area (Å²) < 4.78 is 5.61. The lowest BCUT2D eigenvalue weighted by atomic mass is 9.93. The first-order valence-electron chi connectivity index (χ1n) is 5.33. The van der Waals surface area contributed by atoms with E-state index in [1.807, 2.05) is 19.2 Å². The number of thiazole rings is 1. The average molecular weight is 227 g/mol. The highest BCUT2D eigenvalue weighted by Gasteiger charge is 2.37. The number of hydrogen-bond donors (Lipinski definition) is 1. The smallest absolute Gasteiger partial charge is 0.0955 e. The molecule has 1 aliphatic rings. The topological polar surface area (TPSA) is 42.4 Å². The fraction of sp³-hybridized carbons (Fsp3) is 0.727. The van der Waals surface area contributed by atoms with Gasteiger partial charge in [-0.25, -0.2) is 4.98 Å². The molecular weight excluding hydrogens is 210 g/mol. The van der Waals surface area contributed by atoms with Crippen LogP contribution >= 0.6 is 11.3 Å². The molecule has 0 aromatic carbocycles. The second kappa shape index (κ2) is 4.20. The standard InChI is InChI=1S/C11H17NO2S/c1-8-7-15-10(12-8)6-9(13)11(2)4-3-5-14-11/h7,9,13H,3-6H2,1-2H3. The van der Waals surface area contributed by atoms with Gasteiger partial charge in [0.2, 0.25) is 0 Å². The van der Waals surface area contributed by atoms with E-state index < -0.39 is 6.10 Å². The Kier molecular flexibility index (Phi) is 3.09. The van der Waals surface area contributed by atoms with E-state index in [2.05, 4.69) is 4.98 Å². The van der Waals surface area contributed by atoms with Gasteiger partial charge >= 0.3 is 0 Å². The highest BCUT2D eigenvalue weighted by molar-refractivity contribution is 7.09. The molecule has 1 N–H and O–H groups in total. The second-order valence-corrected chi connectivity index (χ2v) is 5.31. The Bertz CT molecular complexity index is 331. The van der Waals surface area contributed by atoms with Crippen LogP contribution in [0.1, 0.15) is 30.5 Å². The lowest BCUT2D eigenvalue weighted by Gasteiger charge is -2.28. The number of aromatic nitrogens is 1. The Morgan fingerprint density at radius 3 is 3.07 bits per heavy atom. The summed E-state index contributed by atoms with van der Waals surface area (Å²) in [5, 5.41) is 13.1. The van der Waals surface area contributed by atoms with Gasteiger partial charge in [0.15, 0.2) is 0 Å². The fourth-order valence-electron chi connectivity index (χ4n) is 1.94. The van der Waals surface area contributed by atoms with Gasteiger partial charge in [-0.3, -0.25) is 0 Å². The molecule has 1 aromatic heterocycles. The molecule has 0 radical (unpaired) electrons. The van der Waals surface area contributed by atoms with Crippen molar-refractivity contribution < 1.29 is 9.84 Å². The van der Waals surface area contributed by atoms with Crippen LogP contribution < -0.4 is 0 Å². The van der Waals surface area contributed by atoms with Crippen molar-refractivity contribution in [2.75, 3.05) is 6.61 Å². The molecule has 0 amide bonds. The first kappa shape index (κ1) is 11.0. The van der Waals surface area contributed by atoms with Crippen LogP contribution in [0.25, 0.3) is 0 Å². The number of rotatable bonds is 3. The van der Waals surface area contributed by atoms with Gasteiger partial charge in [-0.2, -0.15) is 0 Å². The largest absolute Gasteiger partial charge is 0.390 e. The van der Waals surface area contributed by atoms with Crippen LogP contribution in [0.5, 0.6) is 0 Å². The minimum atomic E-state index is -0.439. The summed E-state index contributed by atoms with van der Waals surface area (Å²) in [5.41, 5.74) is 0.666. The summed E-state index contributed by atoms with van der Waals surface area (Å²) in [7, 11) is 0. The minimum Gasteiger partial charge on any atom is -0.390 e. The zero-order chi connectivity index (χ0) is 10.9. The molecule has 2 unspecified atom stereocenters. The molecule has 0 saturated carbocycles. The van der Waals surface area contributed by atoms with E-state index in [9.17, 15) is 5.11 Å². The number of aliphatic hydroxyl groups is 1. The van der Waals surface area contributed by atoms with Gasteiger partial charge in [-0.15, -0.1) is 11.3 Å². The minimum absolute atomic E-state index is 0.362. The number of aryl methyl sites for hydroxylation is 1. The Morgan fingerprint density at radius 2 is 2.53 bits per heavy atom. The van der Waals surface area contributed by atoms with Crippen molar-refractivity contribution in [1.29, 1.82) is 0 Å². The zero-order valence-electron chi connectivity index (χ0n) is 9.19. The zero-order valence-corrected chi connectivity index (χ0v) is 10.0. The van der Waals surface area contributed by atoms with Gasteiger partial charge < -0.3 is 9.84 Å². The third-order valence-corrected chi connectivity index (χ3v) is 3.98. The van der Waals surface area contributed by atoms with Crippen LogP contribution in [-0.4, -0.2) is 28.4 Å². The number of hydrogen-bond acceptors (Lipinski definition) is 4. The monoisotopic (exact) mass is 227 g/mol. The Hall–Kier alpha value is -0.450. The van der Waals surface area contributed by atoms with Crippen molar-refractivity contribution in [3.63, 3.8) is 0 Å². The van der Waals surface area contributed by atoms with Gasteiger partial charge in [0.25, 0.3) is 0 Å². The molecule has 1 saturated heterocycles. The van der Waals surface area contributed by atoms with Gasteiger partial charge in [-0.05, 0) is 26.7 Å². The summed E-state index contributed by atoms with van der Waals surface area (Å²) in [4.78, 5) is 4.36. The Balaban J connectivity index is 1.99. The van der Waals surface area contributed by atoms with Crippen LogP contribution in [0.15, 0.2) is 5.38 Å². The van der Waals surface area contributed by atoms with E-state index in [0.717, 1.165) is 30.2 Å². The lowest BCUT2D eigenvalue weighted by Crippen LogP contribution is -2.39. The quantitative estimate of drug-likeness (QED) is 0.858. The molecule has 4 heteroatoms. The average Bonchev–Trinajstić information content (AvgIpc) is 2.76. The maximum absolute atomic E-state index is 10.1. The second-order valence-electron chi connectivity index (χ2n) is 4.37. The lowest BCUT2D eigenvalue weighted by molar-refractivity contribution is -0.0768. The van der Waals surface area contributed by atoms with Gasteiger partial charge in [0.1, 0.15) is 0 Å². The maximum atomic E-state index is 10.1. The van der Waals surface area contributed by atoms with E-state index in [4.69, 9.17) is 4.74 Å². The van der Waals surface area contributed by atoms with Crippen LogP contribution in [-0.2, 0) is 11.2 Å². The summed E-state index contributed by atoms with van der Waals surface area (Å²) in [6.07, 6.45) is 2.16. The molecule has 2 rings (SSSR count). The first-order chi connectivity index (χ1) is 7.10. The maximum Gasteiger partial charge on any atom is 0.0955 e. The molecule has 1 fully saturated rings. The molecule has 15 heavy (non-hydrogen) atoms. The third kappa shape index (κ3) is 2.38. The first-order valence-corrected chi connectivity index (χ1v) is 6.21. The molecule has 1 aliphatic heterocycles. The highest BCUT2D eigenvalue weighted by atomic mass is 32.1. The van der Waals surface area contributed by atoms with Crippen molar-refractivity contribution in [2.45, 2.75) is 44.8 Å². The number of ether oxygens (including phenoxy) is 1. The summed E-state index contributed by atoms with van der Waals surface area (Å²) >= 11 is 1.61. The summed E-state index contributed by atoms with van der Waals surface area (Å²) in [6.45, 7) is 4.73. The molecule has 84 valence electrons. The van der Waals surface area contributed by atoms with Gasteiger partial charge in [0.05, 0.1) is 16.7 Å². The van der Waals surface area contributed by atoms with Crippen LogP contribution in [0.2, 0.25) is 0 Å². The van der Waals surface area contributed by atoms with Crippen molar-refractivity contribution in [3.05, 3.63) is 16.1 Å². The van der Waals surface area contributed by atoms with Crippen LogP contribution in [0, 0.1) is 6.92 Å². The molecular formula is C11H17NO2S. The fourth-order valence-corrected chi connectivity index (χ4v) is 2.75. The molecule has 2 atom stereocenters. The Labute approximate surface area is 94.1 Å². The van der Waals surface area contributed by atoms with Crippen molar-refractivity contribution in [3.8, 4) is 0 Å². The SMILES string of the molecule is Cc1csc(CC(O)C2(C)CCCO2)n1.